The summed E-state index contributed by atoms with van der Waals surface area (Å²) in [6, 6.07) is 17.6. The second-order valence-electron chi connectivity index (χ2n) is 11.0. The minimum absolute atomic E-state index is 0.443. The van der Waals surface area contributed by atoms with E-state index in [4.69, 9.17) is 5.21 Å². The summed E-state index contributed by atoms with van der Waals surface area (Å²) in [5.74, 6) is -0.477. The van der Waals surface area contributed by atoms with Gasteiger partial charge in [0.15, 0.2) is 0 Å². The fourth-order valence-corrected chi connectivity index (χ4v) is 5.37. The third-order valence-electron chi connectivity index (χ3n) is 7.56. The third-order valence-corrected chi connectivity index (χ3v) is 7.56. The predicted molar refractivity (Wildman–Crippen MR) is 137 cm³/mol. The molecular formula is C29H39N3O2. The molecule has 1 fully saturated rings. The summed E-state index contributed by atoms with van der Waals surface area (Å²) in [4.78, 5) is 16.7. The molecule has 2 aromatic rings. The van der Waals surface area contributed by atoms with Gasteiger partial charge in [0.1, 0.15) is 0 Å². The maximum atomic E-state index is 11.5. The number of piperazine rings is 1. The van der Waals surface area contributed by atoms with Crippen LogP contribution in [0.4, 0.5) is 0 Å². The lowest BCUT2D eigenvalue weighted by Crippen LogP contribution is -2.55. The quantitative estimate of drug-likeness (QED) is 0.441. The van der Waals surface area contributed by atoms with E-state index in [9.17, 15) is 4.79 Å². The molecule has 1 saturated heterocycles. The number of rotatable bonds is 6. The van der Waals surface area contributed by atoms with Crippen LogP contribution in [-0.2, 0) is 13.1 Å². The Morgan fingerprint density at radius 1 is 0.971 bits per heavy atom. The molecule has 1 aliphatic heterocycles. The average molecular weight is 462 g/mol. The fraction of sp³-hybridized carbons (Fsp3) is 0.483. The van der Waals surface area contributed by atoms with E-state index >= 15 is 0 Å². The minimum Gasteiger partial charge on any atom is -0.296 e. The van der Waals surface area contributed by atoms with E-state index in [1.54, 1.807) is 17.6 Å². The van der Waals surface area contributed by atoms with Crippen molar-refractivity contribution in [2.24, 2.45) is 5.41 Å². The monoisotopic (exact) mass is 461 g/mol. The lowest BCUT2D eigenvalue weighted by molar-refractivity contribution is 0.0290. The lowest BCUT2D eigenvalue weighted by Gasteiger charge is -2.44. The van der Waals surface area contributed by atoms with Crippen LogP contribution >= 0.6 is 0 Å². The number of hydroxylamine groups is 1. The van der Waals surface area contributed by atoms with Gasteiger partial charge < -0.3 is 0 Å². The highest BCUT2D eigenvalue weighted by Crippen LogP contribution is 2.37. The molecule has 1 aliphatic carbocycles. The van der Waals surface area contributed by atoms with E-state index in [0.29, 0.717) is 23.1 Å². The van der Waals surface area contributed by atoms with Crippen molar-refractivity contribution in [2.45, 2.75) is 72.1 Å². The summed E-state index contributed by atoms with van der Waals surface area (Å²) in [5.41, 5.74) is 8.04. The molecule has 5 nitrogen and oxygen atoms in total. The summed E-state index contributed by atoms with van der Waals surface area (Å²) in [6.07, 6.45) is 6.06. The molecule has 182 valence electrons. The molecule has 0 aromatic heterocycles. The van der Waals surface area contributed by atoms with Crippen molar-refractivity contribution in [3.8, 4) is 0 Å². The molecule has 1 heterocycles. The first-order chi connectivity index (χ1) is 16.2. The zero-order valence-electron chi connectivity index (χ0n) is 21.1. The number of carbonyl (C=O) groups excluding carboxylic acids is 1. The second-order valence-corrected chi connectivity index (χ2v) is 11.0. The smallest absolute Gasteiger partial charge is 0.274 e. The van der Waals surface area contributed by atoms with Crippen molar-refractivity contribution < 1.29 is 10.0 Å². The highest BCUT2D eigenvalue weighted by atomic mass is 16.5. The Balaban J connectivity index is 1.33. The van der Waals surface area contributed by atoms with Crippen LogP contribution in [0.1, 0.15) is 74.0 Å². The first-order valence-electron chi connectivity index (χ1n) is 12.5. The van der Waals surface area contributed by atoms with E-state index in [1.165, 1.54) is 41.5 Å². The number of benzene rings is 2. The van der Waals surface area contributed by atoms with Crippen LogP contribution < -0.4 is 5.48 Å². The Morgan fingerprint density at radius 2 is 1.56 bits per heavy atom. The molecule has 2 unspecified atom stereocenters. The van der Waals surface area contributed by atoms with E-state index < -0.39 is 5.91 Å². The van der Waals surface area contributed by atoms with Crippen LogP contribution in [0.3, 0.4) is 0 Å². The summed E-state index contributed by atoms with van der Waals surface area (Å²) >= 11 is 0. The van der Waals surface area contributed by atoms with E-state index in [-0.39, 0.29) is 0 Å². The Kier molecular flexibility index (Phi) is 7.56. The normalized spacial score (nSPS) is 23.4. The molecule has 34 heavy (non-hydrogen) atoms. The van der Waals surface area contributed by atoms with E-state index in [2.05, 4.69) is 67.8 Å². The average Bonchev–Trinajstić information content (AvgIpc) is 2.82. The topological polar surface area (TPSA) is 55.8 Å². The summed E-state index contributed by atoms with van der Waals surface area (Å²) in [5, 5.41) is 8.79. The minimum atomic E-state index is -0.477. The lowest BCUT2D eigenvalue weighted by atomic mass is 9.77. The summed E-state index contributed by atoms with van der Waals surface area (Å²) in [6.45, 7) is 13.2. The van der Waals surface area contributed by atoms with Gasteiger partial charge in [0.05, 0.1) is 0 Å². The Morgan fingerprint density at radius 3 is 2.12 bits per heavy atom. The summed E-state index contributed by atoms with van der Waals surface area (Å²) < 4.78 is 0. The molecule has 1 amide bonds. The molecule has 2 aliphatic rings. The van der Waals surface area contributed by atoms with Crippen molar-refractivity contribution in [3.05, 3.63) is 76.9 Å². The molecule has 0 saturated carbocycles. The zero-order chi connectivity index (χ0) is 24.3. The summed E-state index contributed by atoms with van der Waals surface area (Å²) in [7, 11) is 0. The first kappa shape index (κ1) is 24.6. The predicted octanol–water partition coefficient (Wildman–Crippen LogP) is 5.49. The maximum Gasteiger partial charge on any atom is 0.274 e. The largest absolute Gasteiger partial charge is 0.296 e. The van der Waals surface area contributed by atoms with Gasteiger partial charge in [-0.15, -0.1) is 0 Å². The second kappa shape index (κ2) is 10.4. The molecule has 0 spiro atoms. The van der Waals surface area contributed by atoms with E-state index in [0.717, 1.165) is 26.2 Å². The van der Waals surface area contributed by atoms with Gasteiger partial charge in [0.2, 0.25) is 0 Å². The zero-order valence-corrected chi connectivity index (χ0v) is 21.1. The van der Waals surface area contributed by atoms with Gasteiger partial charge in [-0.3, -0.25) is 19.8 Å². The van der Waals surface area contributed by atoms with Crippen molar-refractivity contribution in [2.75, 3.05) is 13.1 Å². The molecular weight excluding hydrogens is 422 g/mol. The number of hydrogen-bond acceptors (Lipinski definition) is 4. The molecule has 5 heteroatoms. The van der Waals surface area contributed by atoms with Gasteiger partial charge in [0, 0.05) is 43.8 Å². The van der Waals surface area contributed by atoms with Crippen LogP contribution in [0.5, 0.6) is 0 Å². The maximum absolute atomic E-state index is 11.5. The van der Waals surface area contributed by atoms with Gasteiger partial charge in [-0.1, -0.05) is 56.3 Å². The van der Waals surface area contributed by atoms with Crippen LogP contribution in [-0.4, -0.2) is 46.1 Å². The van der Waals surface area contributed by atoms with Gasteiger partial charge in [0.25, 0.3) is 5.91 Å². The van der Waals surface area contributed by atoms with Crippen molar-refractivity contribution in [1.29, 1.82) is 0 Å². The SMILES string of the molecule is CC1CN(Cc2ccc(C3=CCC(C)(C)CC3)cc2)CC(C)N1Cc1ccc(C(=O)NO)cc1. The van der Waals surface area contributed by atoms with Crippen LogP contribution in [0.25, 0.3) is 5.57 Å². The number of hydrogen-bond donors (Lipinski definition) is 2. The first-order valence-corrected chi connectivity index (χ1v) is 12.5. The Labute approximate surface area is 204 Å². The highest BCUT2D eigenvalue weighted by Gasteiger charge is 2.29. The van der Waals surface area contributed by atoms with E-state index in [1.807, 2.05) is 12.1 Å². The van der Waals surface area contributed by atoms with Crippen molar-refractivity contribution in [1.82, 2.24) is 15.3 Å². The van der Waals surface area contributed by atoms with Gasteiger partial charge in [-0.2, -0.15) is 0 Å². The molecule has 2 aromatic carbocycles. The molecule has 0 radical (unpaired) electrons. The van der Waals surface area contributed by atoms with Crippen LogP contribution in [0.2, 0.25) is 0 Å². The Hall–Kier alpha value is -2.47. The Bertz CT molecular complexity index is 999. The van der Waals surface area contributed by atoms with Crippen LogP contribution in [0, 0.1) is 5.41 Å². The van der Waals surface area contributed by atoms with Gasteiger partial charge in [-0.05, 0) is 72.9 Å². The number of nitrogens with zero attached hydrogens (tertiary/aromatic N) is 2. The highest BCUT2D eigenvalue weighted by molar-refractivity contribution is 5.93. The van der Waals surface area contributed by atoms with Crippen molar-refractivity contribution in [3.63, 3.8) is 0 Å². The number of amides is 1. The number of nitrogens with one attached hydrogen (secondary N) is 1. The van der Waals surface area contributed by atoms with Crippen LogP contribution in [0.15, 0.2) is 54.6 Å². The number of allylic oxidation sites excluding steroid dienone is 2. The molecule has 2 atom stereocenters. The molecule has 2 N–H and O–H groups in total. The standard InChI is InChI=1S/C29H39N3O2/c1-21-17-31(18-22(2)32(21)20-24-7-11-27(12-8-24)28(33)30-34)19-23-5-9-25(10-6-23)26-13-15-29(3,4)16-14-26/h5-13,21-22,34H,14-20H2,1-4H3,(H,30,33). The van der Waals surface area contributed by atoms with Gasteiger partial charge in [-0.25, -0.2) is 5.48 Å². The number of carbonyl (C=O) groups is 1. The third kappa shape index (κ3) is 5.96. The van der Waals surface area contributed by atoms with Crippen molar-refractivity contribution >= 4 is 11.5 Å². The fourth-order valence-electron chi connectivity index (χ4n) is 5.37. The van der Waals surface area contributed by atoms with Gasteiger partial charge >= 0.3 is 0 Å². The molecule has 0 bridgehead atoms. The molecule has 4 rings (SSSR count).